The summed E-state index contributed by atoms with van der Waals surface area (Å²) in [4.78, 5) is 0. The van der Waals surface area contributed by atoms with Crippen LogP contribution in [0.2, 0.25) is 0 Å². The van der Waals surface area contributed by atoms with Crippen LogP contribution in [0.25, 0.3) is 0 Å². The molecule has 0 aliphatic carbocycles. The molecule has 0 rings (SSSR count). The first kappa shape index (κ1) is 9.34. The van der Waals surface area contributed by atoms with E-state index in [0.717, 1.165) is 0 Å². The van der Waals surface area contributed by atoms with E-state index in [1.807, 2.05) is 0 Å². The van der Waals surface area contributed by atoms with Crippen LogP contribution in [0.15, 0.2) is 23.6 Å². The van der Waals surface area contributed by atoms with Crippen molar-refractivity contribution in [1.29, 1.82) is 0 Å². The minimum absolute atomic E-state index is 0.176. The zero-order valence-corrected chi connectivity index (χ0v) is 6.32. The van der Waals surface area contributed by atoms with Gasteiger partial charge in [0.25, 0.3) is 0 Å². The lowest BCUT2D eigenvalue weighted by atomic mass is 10.2. The molecule has 0 nitrogen and oxygen atoms in total. The maximum atomic E-state index is 12.6. The lowest BCUT2D eigenvalue weighted by Gasteiger charge is -1.93. The lowest BCUT2D eigenvalue weighted by Crippen LogP contribution is -1.76. The van der Waals surface area contributed by atoms with Crippen LogP contribution in [0, 0.1) is 0 Å². The van der Waals surface area contributed by atoms with E-state index in [1.54, 1.807) is 13.8 Å². The van der Waals surface area contributed by atoms with Gasteiger partial charge in [0.05, 0.1) is 0 Å². The normalized spacial score (nSPS) is 14.0. The summed E-state index contributed by atoms with van der Waals surface area (Å²) in [5.74, 6) is -0.176. The maximum absolute atomic E-state index is 12.6. The average molecular weight is 146 g/mol. The summed E-state index contributed by atoms with van der Waals surface area (Å²) in [7, 11) is 0. The van der Waals surface area contributed by atoms with Crippen LogP contribution in [0.4, 0.5) is 8.78 Å². The van der Waals surface area contributed by atoms with E-state index in [4.69, 9.17) is 0 Å². The minimum Gasteiger partial charge on any atom is -0.247 e. The first-order valence-electron chi connectivity index (χ1n) is 3.30. The van der Waals surface area contributed by atoms with Crippen LogP contribution in [-0.2, 0) is 0 Å². The highest BCUT2D eigenvalue weighted by molar-refractivity contribution is 5.19. The zero-order valence-electron chi connectivity index (χ0n) is 6.32. The Morgan fingerprint density at radius 3 is 2.50 bits per heavy atom. The highest BCUT2D eigenvalue weighted by Crippen LogP contribution is 2.10. The Bertz CT molecular complexity index is 145. The van der Waals surface area contributed by atoms with Crippen molar-refractivity contribution in [2.24, 2.45) is 0 Å². The molecule has 0 aliphatic heterocycles. The van der Waals surface area contributed by atoms with E-state index in [2.05, 4.69) is 0 Å². The number of allylic oxidation sites excluding steroid dienone is 4. The molecule has 10 heavy (non-hydrogen) atoms. The standard InChI is InChI=1S/C8H12F2/c1-3-8(10)7(2)5-4-6-9/h4-5H,3,6H2,1-2H3/b5-4-,8-7+. The second-order valence-electron chi connectivity index (χ2n) is 2.00. The molecule has 0 fully saturated rings. The first-order valence-corrected chi connectivity index (χ1v) is 3.30. The first-order chi connectivity index (χ1) is 4.72. The van der Waals surface area contributed by atoms with Crippen LogP contribution in [-0.4, -0.2) is 6.67 Å². The third kappa shape index (κ3) is 3.38. The van der Waals surface area contributed by atoms with Crippen molar-refractivity contribution in [3.63, 3.8) is 0 Å². The SMILES string of the molecule is CC/C(F)=C(C)\C=C/CF. The van der Waals surface area contributed by atoms with Gasteiger partial charge in [-0.2, -0.15) is 0 Å². The highest BCUT2D eigenvalue weighted by atomic mass is 19.1. The second-order valence-corrected chi connectivity index (χ2v) is 2.00. The van der Waals surface area contributed by atoms with E-state index >= 15 is 0 Å². The molecule has 0 amide bonds. The predicted molar refractivity (Wildman–Crippen MR) is 39.2 cm³/mol. The molecule has 2 heteroatoms. The van der Waals surface area contributed by atoms with Crippen LogP contribution in [0.5, 0.6) is 0 Å². The van der Waals surface area contributed by atoms with Gasteiger partial charge in [-0.25, -0.2) is 8.78 Å². The lowest BCUT2D eigenvalue weighted by molar-refractivity contribution is 0.561. The number of alkyl halides is 1. The third-order valence-electron chi connectivity index (χ3n) is 1.20. The Labute approximate surface area is 60.2 Å². The summed E-state index contributed by atoms with van der Waals surface area (Å²) >= 11 is 0. The molecular weight excluding hydrogens is 134 g/mol. The number of hydrogen-bond donors (Lipinski definition) is 0. The smallest absolute Gasteiger partial charge is 0.108 e. The fourth-order valence-corrected chi connectivity index (χ4v) is 0.591. The summed E-state index contributed by atoms with van der Waals surface area (Å²) in [6, 6.07) is 0. The van der Waals surface area contributed by atoms with Crippen molar-refractivity contribution in [1.82, 2.24) is 0 Å². The Hall–Kier alpha value is -0.660. The number of rotatable bonds is 3. The molecule has 0 aromatic heterocycles. The van der Waals surface area contributed by atoms with E-state index in [9.17, 15) is 8.78 Å². The largest absolute Gasteiger partial charge is 0.247 e. The zero-order chi connectivity index (χ0) is 7.98. The van der Waals surface area contributed by atoms with Gasteiger partial charge in [0, 0.05) is 0 Å². The van der Waals surface area contributed by atoms with Crippen LogP contribution in [0.3, 0.4) is 0 Å². The van der Waals surface area contributed by atoms with Gasteiger partial charge in [-0.3, -0.25) is 0 Å². The van der Waals surface area contributed by atoms with Gasteiger partial charge in [0.2, 0.25) is 0 Å². The molecule has 0 saturated heterocycles. The Morgan fingerprint density at radius 2 is 2.10 bits per heavy atom. The van der Waals surface area contributed by atoms with Crippen molar-refractivity contribution < 1.29 is 8.78 Å². The molecule has 0 radical (unpaired) electrons. The molecule has 0 atom stereocenters. The van der Waals surface area contributed by atoms with Crippen LogP contribution >= 0.6 is 0 Å². The van der Waals surface area contributed by atoms with Crippen molar-refractivity contribution in [3.05, 3.63) is 23.6 Å². The van der Waals surface area contributed by atoms with Gasteiger partial charge >= 0.3 is 0 Å². The Kier molecular flexibility index (Phi) is 4.81. The molecule has 0 aromatic carbocycles. The predicted octanol–water partition coefficient (Wildman–Crippen LogP) is 3.17. The van der Waals surface area contributed by atoms with Crippen molar-refractivity contribution in [2.75, 3.05) is 6.67 Å². The summed E-state index contributed by atoms with van der Waals surface area (Å²) in [5.41, 5.74) is 0.514. The van der Waals surface area contributed by atoms with Gasteiger partial charge in [0.15, 0.2) is 0 Å². The van der Waals surface area contributed by atoms with E-state index in [-0.39, 0.29) is 5.83 Å². The summed E-state index contributed by atoms with van der Waals surface area (Å²) in [6.45, 7) is 2.82. The van der Waals surface area contributed by atoms with Gasteiger partial charge in [-0.1, -0.05) is 19.1 Å². The van der Waals surface area contributed by atoms with Gasteiger partial charge < -0.3 is 0 Å². The van der Waals surface area contributed by atoms with Crippen molar-refractivity contribution >= 4 is 0 Å². The molecule has 0 unspecified atom stereocenters. The van der Waals surface area contributed by atoms with Crippen LogP contribution < -0.4 is 0 Å². The number of halogens is 2. The molecule has 0 spiro atoms. The molecule has 0 saturated carbocycles. The number of hydrogen-bond acceptors (Lipinski definition) is 0. The van der Waals surface area contributed by atoms with E-state index in [0.29, 0.717) is 12.0 Å². The second kappa shape index (κ2) is 5.15. The summed E-state index contributed by atoms with van der Waals surface area (Å²) in [5, 5.41) is 0. The summed E-state index contributed by atoms with van der Waals surface area (Å²) < 4.78 is 24.0. The van der Waals surface area contributed by atoms with Crippen LogP contribution in [0.1, 0.15) is 20.3 Å². The minimum atomic E-state index is -0.533. The maximum Gasteiger partial charge on any atom is 0.108 e. The fourth-order valence-electron chi connectivity index (χ4n) is 0.591. The van der Waals surface area contributed by atoms with E-state index < -0.39 is 6.67 Å². The molecule has 0 N–H and O–H groups in total. The van der Waals surface area contributed by atoms with E-state index in [1.165, 1.54) is 12.2 Å². The van der Waals surface area contributed by atoms with Crippen molar-refractivity contribution in [3.8, 4) is 0 Å². The molecule has 0 heterocycles. The Morgan fingerprint density at radius 1 is 1.50 bits per heavy atom. The highest BCUT2D eigenvalue weighted by Gasteiger charge is 1.92. The summed E-state index contributed by atoms with van der Waals surface area (Å²) in [6.07, 6.45) is 3.13. The molecule has 0 aliphatic rings. The molecule has 0 aromatic rings. The van der Waals surface area contributed by atoms with Gasteiger partial charge in [-0.05, 0) is 18.9 Å². The monoisotopic (exact) mass is 146 g/mol. The Balaban J connectivity index is 4.04. The topological polar surface area (TPSA) is 0 Å². The molecule has 58 valence electrons. The fraction of sp³-hybridized carbons (Fsp3) is 0.500. The molecular formula is C8H12F2. The van der Waals surface area contributed by atoms with Gasteiger partial charge in [0.1, 0.15) is 12.5 Å². The average Bonchev–Trinajstić information content (AvgIpc) is 1.98. The quantitative estimate of drug-likeness (QED) is 0.536. The van der Waals surface area contributed by atoms with Crippen molar-refractivity contribution in [2.45, 2.75) is 20.3 Å². The third-order valence-corrected chi connectivity index (χ3v) is 1.20. The van der Waals surface area contributed by atoms with Gasteiger partial charge in [-0.15, -0.1) is 0 Å². The molecule has 0 bridgehead atoms.